The minimum absolute atomic E-state index is 0.375. The van der Waals surface area contributed by atoms with E-state index in [1.54, 1.807) is 0 Å². The fraction of sp³-hybridized carbons (Fsp3) is 0.667. The van der Waals surface area contributed by atoms with Crippen LogP contribution in [0.2, 0.25) is 0 Å². The molecule has 0 saturated heterocycles. The lowest BCUT2D eigenvalue weighted by Crippen LogP contribution is -2.23. The summed E-state index contributed by atoms with van der Waals surface area (Å²) in [6.45, 7) is 13.1. The summed E-state index contributed by atoms with van der Waals surface area (Å²) in [6, 6.07) is 6.69. The zero-order valence-electron chi connectivity index (χ0n) is 14.2. The number of benzene rings is 1. The van der Waals surface area contributed by atoms with Crippen LogP contribution in [-0.4, -0.2) is 19.8 Å². The third kappa shape index (κ3) is 5.96. The van der Waals surface area contributed by atoms with E-state index in [9.17, 15) is 0 Å². The van der Waals surface area contributed by atoms with Crippen molar-refractivity contribution in [2.24, 2.45) is 5.92 Å². The summed E-state index contributed by atoms with van der Waals surface area (Å²) < 4.78 is 11.4. The lowest BCUT2D eigenvalue weighted by Gasteiger charge is -2.22. The highest BCUT2D eigenvalue weighted by molar-refractivity contribution is 5.44. The Balaban J connectivity index is 2.97. The van der Waals surface area contributed by atoms with Crippen LogP contribution >= 0.6 is 0 Å². The van der Waals surface area contributed by atoms with Crippen molar-refractivity contribution < 1.29 is 9.47 Å². The van der Waals surface area contributed by atoms with Crippen LogP contribution in [-0.2, 0) is 0 Å². The highest BCUT2D eigenvalue weighted by Crippen LogP contribution is 2.32. The Kier molecular flexibility index (Phi) is 8.21. The Bertz CT molecular complexity index is 404. The molecule has 1 atom stereocenters. The van der Waals surface area contributed by atoms with E-state index >= 15 is 0 Å². The molecule has 21 heavy (non-hydrogen) atoms. The first-order chi connectivity index (χ1) is 10.1. The summed E-state index contributed by atoms with van der Waals surface area (Å²) >= 11 is 0. The fourth-order valence-corrected chi connectivity index (χ4v) is 2.41. The molecule has 1 aromatic rings. The van der Waals surface area contributed by atoms with Crippen molar-refractivity contribution in [1.29, 1.82) is 0 Å². The van der Waals surface area contributed by atoms with Crippen LogP contribution in [0.15, 0.2) is 18.2 Å². The van der Waals surface area contributed by atoms with Crippen LogP contribution < -0.4 is 14.8 Å². The van der Waals surface area contributed by atoms with Gasteiger partial charge in [0.05, 0.1) is 13.2 Å². The van der Waals surface area contributed by atoms with Gasteiger partial charge in [0.2, 0.25) is 0 Å². The Morgan fingerprint density at radius 2 is 1.67 bits per heavy atom. The molecule has 0 amide bonds. The molecule has 0 spiro atoms. The Morgan fingerprint density at radius 3 is 2.24 bits per heavy atom. The maximum absolute atomic E-state index is 5.74. The lowest BCUT2D eigenvalue weighted by atomic mass is 9.96. The van der Waals surface area contributed by atoms with Gasteiger partial charge in [-0.2, -0.15) is 0 Å². The number of hydrogen-bond acceptors (Lipinski definition) is 3. The molecular formula is C18H31NO2. The Hall–Kier alpha value is -1.22. The predicted octanol–water partition coefficient (Wildman–Crippen LogP) is 4.57. The van der Waals surface area contributed by atoms with Crippen molar-refractivity contribution in [2.45, 2.75) is 53.5 Å². The highest BCUT2D eigenvalue weighted by Gasteiger charge is 2.15. The average Bonchev–Trinajstić information content (AvgIpc) is 2.45. The van der Waals surface area contributed by atoms with Gasteiger partial charge in [0.1, 0.15) is 0 Å². The van der Waals surface area contributed by atoms with Gasteiger partial charge in [-0.05, 0) is 56.8 Å². The molecule has 1 rings (SSSR count). The minimum Gasteiger partial charge on any atom is -0.490 e. The van der Waals surface area contributed by atoms with E-state index in [1.165, 1.54) is 5.56 Å². The molecule has 1 aromatic carbocycles. The van der Waals surface area contributed by atoms with E-state index in [2.05, 4.69) is 38.2 Å². The van der Waals surface area contributed by atoms with Crippen LogP contribution in [0.5, 0.6) is 11.5 Å². The van der Waals surface area contributed by atoms with Gasteiger partial charge in [0.25, 0.3) is 0 Å². The van der Waals surface area contributed by atoms with E-state index in [0.717, 1.165) is 30.9 Å². The zero-order valence-corrected chi connectivity index (χ0v) is 14.2. The molecule has 120 valence electrons. The lowest BCUT2D eigenvalue weighted by molar-refractivity contribution is 0.287. The van der Waals surface area contributed by atoms with Gasteiger partial charge in [-0.3, -0.25) is 0 Å². The summed E-state index contributed by atoms with van der Waals surface area (Å²) in [5, 5.41) is 3.64. The van der Waals surface area contributed by atoms with Crippen molar-refractivity contribution in [1.82, 2.24) is 5.32 Å². The van der Waals surface area contributed by atoms with Gasteiger partial charge in [-0.15, -0.1) is 0 Å². The second-order valence-corrected chi connectivity index (χ2v) is 5.71. The number of nitrogens with one attached hydrogen (secondary N) is 1. The molecule has 1 N–H and O–H groups in total. The van der Waals surface area contributed by atoms with Crippen LogP contribution in [0.1, 0.15) is 59.1 Å². The molecule has 0 radical (unpaired) electrons. The largest absolute Gasteiger partial charge is 0.490 e. The van der Waals surface area contributed by atoms with E-state index in [1.807, 2.05) is 19.9 Å². The quantitative estimate of drug-likeness (QED) is 0.685. The summed E-state index contributed by atoms with van der Waals surface area (Å²) in [7, 11) is 0. The summed E-state index contributed by atoms with van der Waals surface area (Å²) in [6.07, 6.45) is 2.27. The first kappa shape index (κ1) is 17.8. The number of hydrogen-bond donors (Lipinski definition) is 1. The van der Waals surface area contributed by atoms with Crippen molar-refractivity contribution in [3.63, 3.8) is 0 Å². The molecule has 0 bridgehead atoms. The smallest absolute Gasteiger partial charge is 0.161 e. The average molecular weight is 293 g/mol. The Morgan fingerprint density at radius 1 is 1.00 bits per heavy atom. The van der Waals surface area contributed by atoms with Gasteiger partial charge >= 0.3 is 0 Å². The Labute approximate surface area is 130 Å². The SMILES string of the molecule is CCCNC(CC(C)C)c1ccc(OCC)c(OCC)c1. The molecule has 0 aliphatic rings. The van der Waals surface area contributed by atoms with Crippen molar-refractivity contribution in [3.8, 4) is 11.5 Å². The van der Waals surface area contributed by atoms with Crippen LogP contribution in [0.3, 0.4) is 0 Å². The number of ether oxygens (including phenoxy) is 2. The predicted molar refractivity (Wildman–Crippen MR) is 89.3 cm³/mol. The zero-order chi connectivity index (χ0) is 15.7. The molecule has 0 aliphatic heterocycles. The van der Waals surface area contributed by atoms with E-state index in [4.69, 9.17) is 9.47 Å². The van der Waals surface area contributed by atoms with Crippen LogP contribution in [0, 0.1) is 5.92 Å². The van der Waals surface area contributed by atoms with Gasteiger partial charge in [0.15, 0.2) is 11.5 Å². The molecule has 0 aromatic heterocycles. The third-order valence-electron chi connectivity index (χ3n) is 3.32. The second kappa shape index (κ2) is 9.67. The van der Waals surface area contributed by atoms with Gasteiger partial charge < -0.3 is 14.8 Å². The van der Waals surface area contributed by atoms with Crippen molar-refractivity contribution >= 4 is 0 Å². The first-order valence-corrected chi connectivity index (χ1v) is 8.25. The van der Waals surface area contributed by atoms with E-state index < -0.39 is 0 Å². The minimum atomic E-state index is 0.375. The number of rotatable bonds is 10. The highest BCUT2D eigenvalue weighted by atomic mass is 16.5. The molecule has 0 fully saturated rings. The van der Waals surface area contributed by atoms with Gasteiger partial charge in [-0.25, -0.2) is 0 Å². The van der Waals surface area contributed by atoms with E-state index in [-0.39, 0.29) is 0 Å². The fourth-order valence-electron chi connectivity index (χ4n) is 2.41. The van der Waals surface area contributed by atoms with Gasteiger partial charge in [0, 0.05) is 6.04 Å². The van der Waals surface area contributed by atoms with Crippen LogP contribution in [0.25, 0.3) is 0 Å². The third-order valence-corrected chi connectivity index (χ3v) is 3.32. The molecule has 0 saturated carbocycles. The molecule has 3 nitrogen and oxygen atoms in total. The standard InChI is InChI=1S/C18H31NO2/c1-6-11-19-16(12-14(4)5)15-9-10-17(20-7-2)18(13-15)21-8-3/h9-10,13-14,16,19H,6-8,11-12H2,1-5H3. The molecular weight excluding hydrogens is 262 g/mol. The van der Waals surface area contributed by atoms with Crippen molar-refractivity contribution in [3.05, 3.63) is 23.8 Å². The maximum atomic E-state index is 5.74. The van der Waals surface area contributed by atoms with Crippen LogP contribution in [0.4, 0.5) is 0 Å². The second-order valence-electron chi connectivity index (χ2n) is 5.71. The van der Waals surface area contributed by atoms with Crippen molar-refractivity contribution in [2.75, 3.05) is 19.8 Å². The molecule has 0 heterocycles. The van der Waals surface area contributed by atoms with E-state index in [0.29, 0.717) is 25.2 Å². The first-order valence-electron chi connectivity index (χ1n) is 8.25. The molecule has 1 unspecified atom stereocenters. The normalized spacial score (nSPS) is 12.5. The summed E-state index contributed by atoms with van der Waals surface area (Å²) in [4.78, 5) is 0. The summed E-state index contributed by atoms with van der Waals surface area (Å²) in [5.74, 6) is 2.34. The topological polar surface area (TPSA) is 30.5 Å². The molecule has 0 aliphatic carbocycles. The molecule has 3 heteroatoms. The summed E-state index contributed by atoms with van der Waals surface area (Å²) in [5.41, 5.74) is 1.28. The monoisotopic (exact) mass is 293 g/mol. The maximum Gasteiger partial charge on any atom is 0.161 e. The van der Waals surface area contributed by atoms with Gasteiger partial charge in [-0.1, -0.05) is 26.8 Å².